The van der Waals surface area contributed by atoms with Crippen LogP contribution >= 0.6 is 0 Å². The van der Waals surface area contributed by atoms with Crippen LogP contribution in [0.5, 0.6) is 11.5 Å². The number of aliphatic hydroxyl groups excluding tert-OH is 1. The number of methoxy groups -OCH3 is 1. The van der Waals surface area contributed by atoms with Gasteiger partial charge in [-0.2, -0.15) is 0 Å². The molecule has 0 bridgehead atoms. The van der Waals surface area contributed by atoms with Crippen molar-refractivity contribution in [2.45, 2.75) is 37.6 Å². The van der Waals surface area contributed by atoms with Crippen LogP contribution in [0.15, 0.2) is 24.3 Å². The van der Waals surface area contributed by atoms with E-state index in [1.54, 1.807) is 7.11 Å². The van der Waals surface area contributed by atoms with E-state index in [-0.39, 0.29) is 18.9 Å². The molecule has 0 saturated heterocycles. The highest BCUT2D eigenvalue weighted by Crippen LogP contribution is 2.29. The van der Waals surface area contributed by atoms with Crippen LogP contribution in [0.1, 0.15) is 32.1 Å². The maximum Gasteiger partial charge on any atom is 0.223 e. The van der Waals surface area contributed by atoms with Gasteiger partial charge in [-0.15, -0.1) is 0 Å². The predicted molar refractivity (Wildman–Crippen MR) is 79.5 cm³/mol. The molecule has 1 aliphatic rings. The predicted octanol–water partition coefficient (Wildman–Crippen LogP) is 1.89. The van der Waals surface area contributed by atoms with Crippen LogP contribution in [-0.2, 0) is 4.79 Å². The van der Waals surface area contributed by atoms with Crippen molar-refractivity contribution in [2.24, 2.45) is 0 Å². The maximum atomic E-state index is 11.9. The highest BCUT2D eigenvalue weighted by Gasteiger charge is 2.34. The average Bonchev–Trinajstić information content (AvgIpc) is 2.97. The van der Waals surface area contributed by atoms with Gasteiger partial charge in [0.2, 0.25) is 5.91 Å². The van der Waals surface area contributed by atoms with E-state index in [1.165, 1.54) is 0 Å². The van der Waals surface area contributed by atoms with Crippen molar-refractivity contribution in [3.8, 4) is 11.5 Å². The molecule has 0 radical (unpaired) electrons. The van der Waals surface area contributed by atoms with Crippen LogP contribution < -0.4 is 14.8 Å². The van der Waals surface area contributed by atoms with Crippen LogP contribution in [0.2, 0.25) is 0 Å². The van der Waals surface area contributed by atoms with Gasteiger partial charge in [0.1, 0.15) is 11.5 Å². The zero-order valence-corrected chi connectivity index (χ0v) is 12.4. The highest BCUT2D eigenvalue weighted by molar-refractivity contribution is 5.77. The zero-order chi connectivity index (χ0) is 15.1. The molecule has 5 heteroatoms. The Labute approximate surface area is 125 Å². The summed E-state index contributed by atoms with van der Waals surface area (Å²) in [5.74, 6) is 1.41. The van der Waals surface area contributed by atoms with Gasteiger partial charge in [0.25, 0.3) is 0 Å². The summed E-state index contributed by atoms with van der Waals surface area (Å²) in [6.45, 7) is 0.331. The third-order valence-corrected chi connectivity index (χ3v) is 3.93. The molecule has 2 N–H and O–H groups in total. The number of ether oxygens (including phenoxy) is 2. The molecular formula is C16H23NO4. The van der Waals surface area contributed by atoms with E-state index in [1.807, 2.05) is 24.3 Å². The molecule has 1 aromatic carbocycles. The number of hydrogen-bond acceptors (Lipinski definition) is 4. The van der Waals surface area contributed by atoms with Crippen LogP contribution in [0.25, 0.3) is 0 Å². The Hall–Kier alpha value is -1.75. The first-order valence-electron chi connectivity index (χ1n) is 7.36. The summed E-state index contributed by atoms with van der Waals surface area (Å²) >= 11 is 0. The largest absolute Gasteiger partial charge is 0.497 e. The number of carbonyl (C=O) groups excluding carboxylic acids is 1. The van der Waals surface area contributed by atoms with E-state index in [9.17, 15) is 9.90 Å². The minimum atomic E-state index is -0.406. The summed E-state index contributed by atoms with van der Waals surface area (Å²) in [6.07, 6.45) is 4.11. The lowest BCUT2D eigenvalue weighted by molar-refractivity contribution is -0.124. The number of hydrogen-bond donors (Lipinski definition) is 2. The van der Waals surface area contributed by atoms with Crippen molar-refractivity contribution in [2.75, 3.05) is 20.3 Å². The van der Waals surface area contributed by atoms with Crippen molar-refractivity contribution in [1.82, 2.24) is 5.32 Å². The standard InChI is InChI=1S/C16H23NO4/c1-20-13-4-6-14(7-5-13)21-11-8-15(19)17-16(12-18)9-2-3-10-16/h4-7,18H,2-3,8-12H2,1H3,(H,17,19). The van der Waals surface area contributed by atoms with Gasteiger partial charge < -0.3 is 19.9 Å². The summed E-state index contributed by atoms with van der Waals surface area (Å²) < 4.78 is 10.6. The molecule has 1 amide bonds. The molecule has 0 aromatic heterocycles. The lowest BCUT2D eigenvalue weighted by atomic mass is 9.99. The van der Waals surface area contributed by atoms with Gasteiger partial charge in [0, 0.05) is 0 Å². The molecule has 116 valence electrons. The fourth-order valence-corrected chi connectivity index (χ4v) is 2.67. The Morgan fingerprint density at radius 1 is 1.24 bits per heavy atom. The number of benzene rings is 1. The number of amides is 1. The molecule has 0 unspecified atom stereocenters. The van der Waals surface area contributed by atoms with Gasteiger partial charge in [-0.1, -0.05) is 12.8 Å². The average molecular weight is 293 g/mol. The van der Waals surface area contributed by atoms with E-state index < -0.39 is 5.54 Å². The molecule has 2 rings (SSSR count). The summed E-state index contributed by atoms with van der Waals surface area (Å²) in [7, 11) is 1.61. The van der Waals surface area contributed by atoms with Gasteiger partial charge in [-0.3, -0.25) is 4.79 Å². The molecule has 0 heterocycles. The zero-order valence-electron chi connectivity index (χ0n) is 12.4. The normalized spacial score (nSPS) is 16.5. The minimum Gasteiger partial charge on any atom is -0.497 e. The SMILES string of the molecule is COc1ccc(OCCC(=O)NC2(CO)CCCC2)cc1. The van der Waals surface area contributed by atoms with E-state index in [0.717, 1.165) is 31.4 Å². The molecule has 0 aliphatic heterocycles. The van der Waals surface area contributed by atoms with Gasteiger partial charge in [-0.05, 0) is 37.1 Å². The Bertz CT molecular complexity index is 452. The first-order valence-corrected chi connectivity index (χ1v) is 7.36. The number of aliphatic hydroxyl groups is 1. The first kappa shape index (κ1) is 15.6. The van der Waals surface area contributed by atoms with Crippen molar-refractivity contribution in [3.63, 3.8) is 0 Å². The van der Waals surface area contributed by atoms with Gasteiger partial charge in [-0.25, -0.2) is 0 Å². The van der Waals surface area contributed by atoms with Gasteiger partial charge >= 0.3 is 0 Å². The highest BCUT2D eigenvalue weighted by atomic mass is 16.5. The fourth-order valence-electron chi connectivity index (χ4n) is 2.67. The molecule has 5 nitrogen and oxygen atoms in total. The minimum absolute atomic E-state index is 0.0120. The summed E-state index contributed by atoms with van der Waals surface area (Å²) in [5.41, 5.74) is -0.406. The van der Waals surface area contributed by atoms with Crippen LogP contribution in [0.4, 0.5) is 0 Å². The van der Waals surface area contributed by atoms with Crippen molar-refractivity contribution >= 4 is 5.91 Å². The van der Waals surface area contributed by atoms with E-state index in [0.29, 0.717) is 12.4 Å². The van der Waals surface area contributed by atoms with Gasteiger partial charge in [0.05, 0.1) is 32.3 Å². The summed E-state index contributed by atoms with van der Waals surface area (Å²) in [4.78, 5) is 11.9. The van der Waals surface area contributed by atoms with E-state index >= 15 is 0 Å². The second-order valence-electron chi connectivity index (χ2n) is 5.47. The summed E-state index contributed by atoms with van der Waals surface area (Å²) in [5, 5.41) is 12.4. The van der Waals surface area contributed by atoms with E-state index in [4.69, 9.17) is 9.47 Å². The molecule has 1 aliphatic carbocycles. The quantitative estimate of drug-likeness (QED) is 0.805. The third kappa shape index (κ3) is 4.36. The summed E-state index contributed by atoms with van der Waals surface area (Å²) in [6, 6.07) is 7.25. The smallest absolute Gasteiger partial charge is 0.223 e. The number of carbonyl (C=O) groups is 1. The van der Waals surface area contributed by atoms with Crippen molar-refractivity contribution in [1.29, 1.82) is 0 Å². The Balaban J connectivity index is 1.73. The van der Waals surface area contributed by atoms with Gasteiger partial charge in [0.15, 0.2) is 0 Å². The maximum absolute atomic E-state index is 11.9. The van der Waals surface area contributed by atoms with Crippen molar-refractivity contribution in [3.05, 3.63) is 24.3 Å². The Morgan fingerprint density at radius 3 is 2.43 bits per heavy atom. The monoisotopic (exact) mass is 293 g/mol. The van der Waals surface area contributed by atoms with Crippen molar-refractivity contribution < 1.29 is 19.4 Å². The van der Waals surface area contributed by atoms with Crippen LogP contribution in [0, 0.1) is 0 Å². The third-order valence-electron chi connectivity index (χ3n) is 3.93. The Morgan fingerprint density at radius 2 is 1.86 bits per heavy atom. The van der Waals surface area contributed by atoms with E-state index in [2.05, 4.69) is 5.32 Å². The Kier molecular flexibility index (Phi) is 5.44. The molecule has 0 atom stereocenters. The van der Waals surface area contributed by atoms with Crippen LogP contribution in [0.3, 0.4) is 0 Å². The lowest BCUT2D eigenvalue weighted by Crippen LogP contribution is -2.49. The molecular weight excluding hydrogens is 270 g/mol. The number of nitrogens with one attached hydrogen (secondary N) is 1. The fraction of sp³-hybridized carbons (Fsp3) is 0.562. The van der Waals surface area contributed by atoms with Crippen LogP contribution in [-0.4, -0.2) is 36.9 Å². The topological polar surface area (TPSA) is 67.8 Å². The molecule has 1 fully saturated rings. The molecule has 0 spiro atoms. The molecule has 1 aromatic rings. The molecule has 21 heavy (non-hydrogen) atoms. The lowest BCUT2D eigenvalue weighted by Gasteiger charge is -2.27. The number of rotatable bonds is 7. The first-order chi connectivity index (χ1) is 10.2. The second kappa shape index (κ2) is 7.31. The second-order valence-corrected chi connectivity index (χ2v) is 5.47. The molecule has 1 saturated carbocycles.